The van der Waals surface area contributed by atoms with Crippen LogP contribution in [0.4, 0.5) is 0 Å². The van der Waals surface area contributed by atoms with E-state index in [1.807, 2.05) is 31.3 Å². The molecule has 0 unspecified atom stereocenters. The quantitative estimate of drug-likeness (QED) is 0.566. The van der Waals surface area contributed by atoms with Gasteiger partial charge in [0.15, 0.2) is 5.96 Å². The van der Waals surface area contributed by atoms with Gasteiger partial charge in [-0.25, -0.2) is 0 Å². The van der Waals surface area contributed by atoms with Crippen LogP contribution in [0.5, 0.6) is 0 Å². The second kappa shape index (κ2) is 10.4. The lowest BCUT2D eigenvalue weighted by molar-refractivity contribution is 0.178. The van der Waals surface area contributed by atoms with Gasteiger partial charge in [-0.2, -0.15) is 0 Å². The molecule has 0 bridgehead atoms. The third kappa shape index (κ3) is 6.29. The Labute approximate surface area is 167 Å². The molecule has 0 radical (unpaired) electrons. The van der Waals surface area contributed by atoms with Gasteiger partial charge >= 0.3 is 0 Å². The monoisotopic (exact) mass is 387 g/mol. The highest BCUT2D eigenvalue weighted by molar-refractivity contribution is 6.31. The molecule has 5 nitrogen and oxygen atoms in total. The summed E-state index contributed by atoms with van der Waals surface area (Å²) >= 11 is 6.29. The molecule has 6 heteroatoms. The summed E-state index contributed by atoms with van der Waals surface area (Å²) < 4.78 is 2.16. The Kier molecular flexibility index (Phi) is 7.60. The SMILES string of the molecule is CN=C(NCCn1cccc1)NCC1CCN(Cc2ccccc2Cl)CC1. The summed E-state index contributed by atoms with van der Waals surface area (Å²) in [6.07, 6.45) is 6.57. The summed E-state index contributed by atoms with van der Waals surface area (Å²) in [5.41, 5.74) is 1.23. The van der Waals surface area contributed by atoms with Crippen molar-refractivity contribution >= 4 is 17.6 Å². The Morgan fingerprint density at radius 2 is 1.85 bits per heavy atom. The molecule has 0 aliphatic carbocycles. The first-order valence-corrected chi connectivity index (χ1v) is 10.1. The second-order valence-electron chi connectivity index (χ2n) is 7.11. The van der Waals surface area contributed by atoms with Crippen LogP contribution in [-0.4, -0.2) is 48.7 Å². The Balaban J connectivity index is 1.34. The molecule has 2 aromatic rings. The number of aromatic nitrogens is 1. The fourth-order valence-corrected chi connectivity index (χ4v) is 3.70. The molecule has 1 aromatic heterocycles. The van der Waals surface area contributed by atoms with Crippen molar-refractivity contribution in [2.75, 3.05) is 33.2 Å². The van der Waals surface area contributed by atoms with Crippen molar-refractivity contribution in [3.05, 3.63) is 59.4 Å². The molecule has 1 fully saturated rings. The molecule has 0 amide bonds. The predicted octanol–water partition coefficient (Wildman–Crippen LogP) is 3.22. The van der Waals surface area contributed by atoms with Crippen LogP contribution in [0.25, 0.3) is 0 Å². The number of halogens is 1. The number of nitrogens with zero attached hydrogens (tertiary/aromatic N) is 3. The zero-order valence-electron chi connectivity index (χ0n) is 16.1. The normalized spacial score (nSPS) is 16.4. The third-order valence-electron chi connectivity index (χ3n) is 5.17. The maximum atomic E-state index is 6.29. The first kappa shape index (κ1) is 19.8. The molecule has 1 aliphatic heterocycles. The summed E-state index contributed by atoms with van der Waals surface area (Å²) in [5, 5.41) is 7.74. The van der Waals surface area contributed by atoms with E-state index in [0.717, 1.165) is 50.3 Å². The molecular weight excluding hydrogens is 358 g/mol. The first-order valence-electron chi connectivity index (χ1n) is 9.75. The molecule has 0 atom stereocenters. The molecule has 0 spiro atoms. The minimum absolute atomic E-state index is 0.690. The zero-order valence-corrected chi connectivity index (χ0v) is 16.8. The Morgan fingerprint density at radius 1 is 1.11 bits per heavy atom. The number of rotatable bonds is 7. The second-order valence-corrected chi connectivity index (χ2v) is 7.52. The number of likely N-dealkylation sites (tertiary alicyclic amines) is 1. The molecular formula is C21H30ClN5. The first-order chi connectivity index (χ1) is 13.2. The van der Waals surface area contributed by atoms with Gasteiger partial charge in [0.05, 0.1) is 0 Å². The zero-order chi connectivity index (χ0) is 18.9. The van der Waals surface area contributed by atoms with Crippen molar-refractivity contribution in [3.8, 4) is 0 Å². The third-order valence-corrected chi connectivity index (χ3v) is 5.54. The van der Waals surface area contributed by atoms with E-state index in [-0.39, 0.29) is 0 Å². The standard InChI is InChI=1S/C21H30ClN5/c1-23-21(24-10-15-26-11-4-5-12-26)25-16-18-8-13-27(14-9-18)17-19-6-2-3-7-20(19)22/h2-7,11-12,18H,8-10,13-17H2,1H3,(H2,23,24,25). The average molecular weight is 388 g/mol. The van der Waals surface area contributed by atoms with Crippen LogP contribution in [0.1, 0.15) is 18.4 Å². The Bertz CT molecular complexity index is 705. The van der Waals surface area contributed by atoms with Crippen LogP contribution in [0.15, 0.2) is 53.8 Å². The largest absolute Gasteiger partial charge is 0.356 e. The fourth-order valence-electron chi connectivity index (χ4n) is 3.50. The van der Waals surface area contributed by atoms with E-state index in [4.69, 9.17) is 11.6 Å². The number of benzene rings is 1. The summed E-state index contributed by atoms with van der Waals surface area (Å²) in [7, 11) is 1.83. The smallest absolute Gasteiger partial charge is 0.191 e. The van der Waals surface area contributed by atoms with Gasteiger partial charge < -0.3 is 15.2 Å². The van der Waals surface area contributed by atoms with Gasteiger partial charge in [-0.15, -0.1) is 0 Å². The van der Waals surface area contributed by atoms with Crippen LogP contribution in [0.2, 0.25) is 5.02 Å². The maximum Gasteiger partial charge on any atom is 0.191 e. The van der Waals surface area contributed by atoms with Crippen LogP contribution < -0.4 is 10.6 Å². The van der Waals surface area contributed by atoms with Gasteiger partial charge in [0, 0.05) is 50.6 Å². The van der Waals surface area contributed by atoms with E-state index in [1.54, 1.807) is 0 Å². The number of nitrogens with one attached hydrogen (secondary N) is 2. The van der Waals surface area contributed by atoms with Crippen molar-refractivity contribution in [1.82, 2.24) is 20.1 Å². The molecule has 1 aliphatic rings. The number of hydrogen-bond acceptors (Lipinski definition) is 2. The fraction of sp³-hybridized carbons (Fsp3) is 0.476. The van der Waals surface area contributed by atoms with Crippen molar-refractivity contribution < 1.29 is 0 Å². The van der Waals surface area contributed by atoms with Crippen molar-refractivity contribution in [2.24, 2.45) is 10.9 Å². The van der Waals surface area contributed by atoms with Gasteiger partial charge in [0.2, 0.25) is 0 Å². The summed E-state index contributed by atoms with van der Waals surface area (Å²) in [6, 6.07) is 12.2. The van der Waals surface area contributed by atoms with Gasteiger partial charge in [-0.1, -0.05) is 29.8 Å². The topological polar surface area (TPSA) is 44.6 Å². The molecule has 3 rings (SSSR count). The average Bonchev–Trinajstić information content (AvgIpc) is 3.21. The Hall–Kier alpha value is -1.98. The predicted molar refractivity (Wildman–Crippen MR) is 113 cm³/mol. The molecule has 2 heterocycles. The van der Waals surface area contributed by atoms with Gasteiger partial charge in [-0.05, 0) is 55.6 Å². The summed E-state index contributed by atoms with van der Waals surface area (Å²) in [4.78, 5) is 6.83. The van der Waals surface area contributed by atoms with E-state index in [9.17, 15) is 0 Å². The van der Waals surface area contributed by atoms with Crippen LogP contribution in [-0.2, 0) is 13.1 Å². The van der Waals surface area contributed by atoms with Crippen LogP contribution >= 0.6 is 11.6 Å². The molecule has 1 saturated heterocycles. The highest BCUT2D eigenvalue weighted by atomic mass is 35.5. The number of piperidine rings is 1. The highest BCUT2D eigenvalue weighted by Crippen LogP contribution is 2.21. The highest BCUT2D eigenvalue weighted by Gasteiger charge is 2.20. The van der Waals surface area contributed by atoms with Gasteiger partial charge in [0.1, 0.15) is 0 Å². The number of aliphatic imine (C=N–C) groups is 1. The van der Waals surface area contributed by atoms with Crippen molar-refractivity contribution in [1.29, 1.82) is 0 Å². The molecule has 1 aromatic carbocycles. The maximum absolute atomic E-state index is 6.29. The number of guanidine groups is 1. The van der Waals surface area contributed by atoms with E-state index in [1.165, 1.54) is 18.4 Å². The van der Waals surface area contributed by atoms with E-state index < -0.39 is 0 Å². The lowest BCUT2D eigenvalue weighted by atomic mass is 9.96. The van der Waals surface area contributed by atoms with Gasteiger partial charge in [0.25, 0.3) is 0 Å². The summed E-state index contributed by atoms with van der Waals surface area (Å²) in [6.45, 7) is 5.97. The summed E-state index contributed by atoms with van der Waals surface area (Å²) in [5.74, 6) is 1.58. The van der Waals surface area contributed by atoms with E-state index in [2.05, 4.69) is 49.6 Å². The van der Waals surface area contributed by atoms with Crippen molar-refractivity contribution in [3.63, 3.8) is 0 Å². The van der Waals surface area contributed by atoms with Crippen LogP contribution in [0.3, 0.4) is 0 Å². The molecule has 27 heavy (non-hydrogen) atoms. The molecule has 2 N–H and O–H groups in total. The van der Waals surface area contributed by atoms with Gasteiger partial charge in [-0.3, -0.25) is 9.89 Å². The lowest BCUT2D eigenvalue weighted by Gasteiger charge is -2.32. The number of hydrogen-bond donors (Lipinski definition) is 2. The van der Waals surface area contributed by atoms with Crippen molar-refractivity contribution in [2.45, 2.75) is 25.9 Å². The molecule has 146 valence electrons. The Morgan fingerprint density at radius 3 is 2.56 bits per heavy atom. The minimum Gasteiger partial charge on any atom is -0.356 e. The van der Waals surface area contributed by atoms with E-state index in [0.29, 0.717) is 5.92 Å². The molecule has 0 saturated carbocycles. The van der Waals surface area contributed by atoms with E-state index >= 15 is 0 Å². The minimum atomic E-state index is 0.690. The lowest BCUT2D eigenvalue weighted by Crippen LogP contribution is -2.43. The van der Waals surface area contributed by atoms with Crippen LogP contribution in [0, 0.1) is 5.92 Å².